The van der Waals surface area contributed by atoms with Crippen LogP contribution in [-0.2, 0) is 27.5 Å². The van der Waals surface area contributed by atoms with Gasteiger partial charge in [0.1, 0.15) is 6.04 Å². The molecule has 1 amide bonds. The van der Waals surface area contributed by atoms with E-state index in [-0.39, 0.29) is 23.7 Å². The number of sulfonamides is 1. The van der Waals surface area contributed by atoms with Crippen molar-refractivity contribution in [3.8, 4) is 5.75 Å². The van der Waals surface area contributed by atoms with Crippen molar-refractivity contribution in [2.45, 2.75) is 43.9 Å². The quantitative estimate of drug-likeness (QED) is 0.555. The minimum Gasteiger partial charge on any atom is -0.494 e. The zero-order valence-corrected chi connectivity index (χ0v) is 18.5. The fourth-order valence-corrected chi connectivity index (χ4v) is 4.72. The molecule has 0 radical (unpaired) electrons. The summed E-state index contributed by atoms with van der Waals surface area (Å²) < 4.78 is 85.1. The molecule has 0 aliphatic rings. The summed E-state index contributed by atoms with van der Waals surface area (Å²) in [6.07, 6.45) is -4.58. The van der Waals surface area contributed by atoms with Crippen molar-refractivity contribution >= 4 is 15.9 Å². The van der Waals surface area contributed by atoms with Gasteiger partial charge in [0.15, 0.2) is 11.6 Å². The average Bonchev–Trinajstić information content (AvgIpc) is 2.69. The highest BCUT2D eigenvalue weighted by Gasteiger charge is 2.36. The molecule has 11 heteroatoms. The molecule has 0 heterocycles. The summed E-state index contributed by atoms with van der Waals surface area (Å²) in [5.41, 5.74) is 4.67. The van der Waals surface area contributed by atoms with Gasteiger partial charge in [-0.15, -0.1) is 0 Å². The average molecular weight is 476 g/mol. The van der Waals surface area contributed by atoms with E-state index in [2.05, 4.69) is 0 Å². The lowest BCUT2D eigenvalue weighted by Gasteiger charge is -2.30. The first-order chi connectivity index (χ1) is 14.8. The molecule has 0 saturated heterocycles. The van der Waals surface area contributed by atoms with Crippen LogP contribution in [0.25, 0.3) is 0 Å². The second kappa shape index (κ2) is 9.86. The Morgan fingerprint density at radius 2 is 1.72 bits per heavy atom. The Bertz CT molecular complexity index is 1050. The van der Waals surface area contributed by atoms with Gasteiger partial charge in [-0.3, -0.25) is 4.79 Å². The monoisotopic (exact) mass is 476 g/mol. The summed E-state index contributed by atoms with van der Waals surface area (Å²) in [4.78, 5) is 11.7. The van der Waals surface area contributed by atoms with Gasteiger partial charge in [0.05, 0.1) is 17.6 Å². The lowest BCUT2D eigenvalue weighted by Crippen LogP contribution is -2.48. The Hall–Kier alpha value is -2.66. The molecule has 0 unspecified atom stereocenters. The molecule has 0 fully saturated rings. The molecule has 0 saturated carbocycles. The molecule has 6 nitrogen and oxygen atoms in total. The van der Waals surface area contributed by atoms with Crippen LogP contribution in [0.2, 0.25) is 0 Å². The van der Waals surface area contributed by atoms with E-state index < -0.39 is 51.0 Å². The topological polar surface area (TPSA) is 89.7 Å². The smallest absolute Gasteiger partial charge is 0.416 e. The SMILES string of the molecule is COc1ccc(CN([C@H](CC(C)C)C(N)=O)S(=O)(=O)c2ccc(C(F)(F)F)cc2)cc1F. The molecule has 0 spiro atoms. The van der Waals surface area contributed by atoms with Crippen molar-refractivity contribution in [2.75, 3.05) is 7.11 Å². The van der Waals surface area contributed by atoms with Crippen molar-refractivity contribution in [2.24, 2.45) is 11.7 Å². The predicted molar refractivity (Wildman–Crippen MR) is 110 cm³/mol. The fourth-order valence-electron chi connectivity index (χ4n) is 3.12. The lowest BCUT2D eigenvalue weighted by atomic mass is 10.0. The molecule has 0 aromatic heterocycles. The van der Waals surface area contributed by atoms with Crippen LogP contribution in [0.4, 0.5) is 17.6 Å². The number of amides is 1. The van der Waals surface area contributed by atoms with E-state index in [0.29, 0.717) is 12.1 Å². The first-order valence-electron chi connectivity index (χ1n) is 9.58. The van der Waals surface area contributed by atoms with E-state index in [1.165, 1.54) is 19.2 Å². The molecule has 2 rings (SSSR count). The summed E-state index contributed by atoms with van der Waals surface area (Å²) in [6, 6.07) is 5.38. The molecule has 2 aromatic carbocycles. The Morgan fingerprint density at radius 1 is 1.12 bits per heavy atom. The predicted octanol–water partition coefficient (Wildman–Crippen LogP) is 3.94. The number of methoxy groups -OCH3 is 1. The highest BCUT2D eigenvalue weighted by atomic mass is 32.2. The maximum Gasteiger partial charge on any atom is 0.416 e. The molecule has 0 aliphatic carbocycles. The molecule has 0 aliphatic heterocycles. The lowest BCUT2D eigenvalue weighted by molar-refractivity contribution is -0.137. The summed E-state index contributed by atoms with van der Waals surface area (Å²) >= 11 is 0. The van der Waals surface area contributed by atoms with E-state index in [1.54, 1.807) is 13.8 Å². The Balaban J connectivity index is 2.55. The van der Waals surface area contributed by atoms with Gasteiger partial charge >= 0.3 is 6.18 Å². The molecule has 32 heavy (non-hydrogen) atoms. The van der Waals surface area contributed by atoms with E-state index in [9.17, 15) is 30.8 Å². The molecular formula is C21H24F4N2O4S. The van der Waals surface area contributed by atoms with Crippen LogP contribution in [-0.4, -0.2) is 31.8 Å². The van der Waals surface area contributed by atoms with Crippen molar-refractivity contribution in [1.29, 1.82) is 0 Å². The number of nitrogens with two attached hydrogens (primary N) is 1. The van der Waals surface area contributed by atoms with Crippen molar-refractivity contribution in [3.63, 3.8) is 0 Å². The van der Waals surface area contributed by atoms with E-state index >= 15 is 0 Å². The number of carbonyl (C=O) groups excluding carboxylic acids is 1. The first-order valence-corrected chi connectivity index (χ1v) is 11.0. The number of rotatable bonds is 9. The second-order valence-electron chi connectivity index (χ2n) is 7.59. The Morgan fingerprint density at radius 3 is 2.16 bits per heavy atom. The molecular weight excluding hydrogens is 452 g/mol. The van der Waals surface area contributed by atoms with Gasteiger partial charge in [-0.25, -0.2) is 12.8 Å². The van der Waals surface area contributed by atoms with Gasteiger partial charge in [-0.05, 0) is 54.3 Å². The molecule has 0 bridgehead atoms. The third-order valence-electron chi connectivity index (χ3n) is 4.71. The van der Waals surface area contributed by atoms with Gasteiger partial charge in [0.2, 0.25) is 15.9 Å². The Kier molecular flexibility index (Phi) is 7.89. The standard InChI is InChI=1S/C21H24F4N2O4S/c1-13(2)10-18(20(26)28)27(12-14-4-9-19(31-3)17(22)11-14)32(29,30)16-7-5-15(6-8-16)21(23,24)25/h4-9,11,13,18H,10,12H2,1-3H3,(H2,26,28)/t18-/m1/s1. The third-order valence-corrected chi connectivity index (χ3v) is 6.58. The van der Waals surface area contributed by atoms with Crippen LogP contribution in [0.15, 0.2) is 47.4 Å². The van der Waals surface area contributed by atoms with Crippen molar-refractivity contribution in [3.05, 3.63) is 59.4 Å². The van der Waals surface area contributed by atoms with Crippen LogP contribution in [0.5, 0.6) is 5.75 Å². The first kappa shape index (κ1) is 25.6. The number of nitrogens with zero attached hydrogens (tertiary/aromatic N) is 1. The second-order valence-corrected chi connectivity index (χ2v) is 9.48. The highest BCUT2D eigenvalue weighted by Crippen LogP contribution is 2.31. The number of ether oxygens (including phenoxy) is 1. The molecule has 2 aromatic rings. The van der Waals surface area contributed by atoms with Gasteiger partial charge in [-0.2, -0.15) is 17.5 Å². The summed E-state index contributed by atoms with van der Waals surface area (Å²) in [5.74, 6) is -1.86. The van der Waals surface area contributed by atoms with Gasteiger partial charge in [-0.1, -0.05) is 19.9 Å². The zero-order valence-electron chi connectivity index (χ0n) is 17.7. The van der Waals surface area contributed by atoms with E-state index in [1.807, 2.05) is 0 Å². The minimum atomic E-state index is -4.64. The number of hydrogen-bond acceptors (Lipinski definition) is 4. The largest absolute Gasteiger partial charge is 0.494 e. The maximum absolute atomic E-state index is 14.2. The molecule has 176 valence electrons. The van der Waals surface area contributed by atoms with Crippen LogP contribution < -0.4 is 10.5 Å². The Labute approximate surface area is 184 Å². The normalized spacial score (nSPS) is 13.4. The minimum absolute atomic E-state index is 0.0560. The van der Waals surface area contributed by atoms with Gasteiger partial charge < -0.3 is 10.5 Å². The molecule has 1 atom stereocenters. The van der Waals surface area contributed by atoms with Crippen molar-refractivity contribution < 1.29 is 35.5 Å². The van der Waals surface area contributed by atoms with Crippen LogP contribution in [0, 0.1) is 11.7 Å². The van der Waals surface area contributed by atoms with Crippen molar-refractivity contribution in [1.82, 2.24) is 4.31 Å². The third kappa shape index (κ3) is 5.98. The number of hydrogen-bond donors (Lipinski definition) is 1. The van der Waals surface area contributed by atoms with E-state index in [4.69, 9.17) is 10.5 Å². The number of alkyl halides is 3. The summed E-state index contributed by atoms with van der Waals surface area (Å²) in [5, 5.41) is 0. The van der Waals surface area contributed by atoms with Gasteiger partial charge in [0.25, 0.3) is 0 Å². The zero-order chi connectivity index (χ0) is 24.3. The van der Waals surface area contributed by atoms with Crippen LogP contribution in [0.3, 0.4) is 0 Å². The summed E-state index contributed by atoms with van der Waals surface area (Å²) in [6.45, 7) is 3.09. The van der Waals surface area contributed by atoms with Crippen LogP contribution >= 0.6 is 0 Å². The maximum atomic E-state index is 14.2. The number of benzene rings is 2. The highest BCUT2D eigenvalue weighted by molar-refractivity contribution is 7.89. The van der Waals surface area contributed by atoms with E-state index in [0.717, 1.165) is 22.5 Å². The van der Waals surface area contributed by atoms with Gasteiger partial charge in [0, 0.05) is 6.54 Å². The number of halogens is 4. The fraction of sp³-hybridized carbons (Fsp3) is 0.381. The molecule has 2 N–H and O–H groups in total. The number of carbonyl (C=O) groups is 1. The summed E-state index contributed by atoms with van der Waals surface area (Å²) in [7, 11) is -3.20. The number of primary amides is 1. The van der Waals surface area contributed by atoms with Crippen LogP contribution in [0.1, 0.15) is 31.4 Å².